The number of morpholine rings is 1. The molecule has 0 aromatic carbocycles. The third-order valence-corrected chi connectivity index (χ3v) is 4.24. The van der Waals surface area contributed by atoms with E-state index in [9.17, 15) is 0 Å². The Morgan fingerprint density at radius 3 is 2.79 bits per heavy atom. The Balaban J connectivity index is 1.66. The van der Waals surface area contributed by atoms with Crippen molar-refractivity contribution in [3.63, 3.8) is 0 Å². The lowest BCUT2D eigenvalue weighted by atomic mass is 9.99. The fourth-order valence-corrected chi connectivity index (χ4v) is 2.98. The molecule has 2 saturated heterocycles. The van der Waals surface area contributed by atoms with Crippen LogP contribution in [0, 0.1) is 11.3 Å². The number of nitriles is 1. The van der Waals surface area contributed by atoms with E-state index in [-0.39, 0.29) is 0 Å². The largest absolute Gasteiger partial charge is 0.379 e. The summed E-state index contributed by atoms with van der Waals surface area (Å²) in [4.78, 5) is 5.07. The Kier molecular flexibility index (Phi) is 5.17. The summed E-state index contributed by atoms with van der Waals surface area (Å²) in [6, 6.07) is 2.86. The molecule has 0 radical (unpaired) electrons. The van der Waals surface area contributed by atoms with Crippen LogP contribution in [-0.2, 0) is 4.74 Å². The molecular formula is C14H26N4O. The average molecular weight is 266 g/mol. The molecule has 19 heavy (non-hydrogen) atoms. The van der Waals surface area contributed by atoms with Crippen LogP contribution in [0.2, 0.25) is 0 Å². The lowest BCUT2D eigenvalue weighted by Crippen LogP contribution is -2.44. The van der Waals surface area contributed by atoms with Crippen LogP contribution in [0.4, 0.5) is 0 Å². The van der Waals surface area contributed by atoms with Gasteiger partial charge in [0.25, 0.3) is 0 Å². The molecule has 2 aliphatic heterocycles. The molecule has 0 spiro atoms. The van der Waals surface area contributed by atoms with Gasteiger partial charge in [-0.15, -0.1) is 0 Å². The van der Waals surface area contributed by atoms with E-state index in [1.165, 1.54) is 13.0 Å². The Labute approximate surface area is 116 Å². The monoisotopic (exact) mass is 266 g/mol. The van der Waals surface area contributed by atoms with Crippen LogP contribution in [0.15, 0.2) is 0 Å². The van der Waals surface area contributed by atoms with E-state index in [2.05, 4.69) is 15.9 Å². The number of rotatable bonds is 5. The topological polar surface area (TPSA) is 65.5 Å². The highest BCUT2D eigenvalue weighted by Gasteiger charge is 2.28. The minimum absolute atomic E-state index is 0.663. The molecular weight excluding hydrogens is 240 g/mol. The summed E-state index contributed by atoms with van der Waals surface area (Å²) in [5, 5.41) is 8.89. The number of likely N-dealkylation sites (tertiary alicyclic amines) is 1. The standard InChI is InChI=1S/C14H26N4O/c1-14(16,12-15)4-2-5-17-6-3-13(11-17)18-7-9-19-10-8-18/h13H,2-11,16H2,1H3. The smallest absolute Gasteiger partial charge is 0.101 e. The molecule has 0 aromatic heterocycles. The first kappa shape index (κ1) is 14.7. The zero-order chi connectivity index (χ0) is 13.7. The molecule has 0 bridgehead atoms. The molecule has 2 atom stereocenters. The fraction of sp³-hybridized carbons (Fsp3) is 0.929. The molecule has 2 fully saturated rings. The molecule has 5 heteroatoms. The number of ether oxygens (including phenoxy) is 1. The number of hydrogen-bond donors (Lipinski definition) is 1. The molecule has 0 amide bonds. The van der Waals surface area contributed by atoms with Crippen LogP contribution < -0.4 is 5.73 Å². The molecule has 0 aliphatic carbocycles. The van der Waals surface area contributed by atoms with E-state index in [0.717, 1.165) is 52.2 Å². The second kappa shape index (κ2) is 6.67. The first-order valence-corrected chi connectivity index (χ1v) is 7.35. The zero-order valence-electron chi connectivity index (χ0n) is 12.0. The van der Waals surface area contributed by atoms with Crippen molar-refractivity contribution in [3.8, 4) is 6.07 Å². The molecule has 2 heterocycles. The zero-order valence-corrected chi connectivity index (χ0v) is 12.0. The van der Waals surface area contributed by atoms with Gasteiger partial charge in [0.05, 0.1) is 19.3 Å². The Bertz CT molecular complexity index is 320. The van der Waals surface area contributed by atoms with E-state index in [0.29, 0.717) is 6.04 Å². The molecule has 5 nitrogen and oxygen atoms in total. The van der Waals surface area contributed by atoms with E-state index < -0.39 is 5.54 Å². The van der Waals surface area contributed by atoms with Gasteiger partial charge < -0.3 is 15.4 Å². The van der Waals surface area contributed by atoms with Crippen molar-refractivity contribution in [2.24, 2.45) is 5.73 Å². The number of nitrogens with two attached hydrogens (primary N) is 1. The van der Waals surface area contributed by atoms with Crippen LogP contribution in [0.1, 0.15) is 26.2 Å². The summed E-state index contributed by atoms with van der Waals surface area (Å²) in [5.74, 6) is 0. The third kappa shape index (κ3) is 4.43. The SMILES string of the molecule is CC(N)(C#N)CCCN1CCC(N2CCOCC2)C1. The van der Waals surface area contributed by atoms with Gasteiger partial charge in [0.1, 0.15) is 5.54 Å². The van der Waals surface area contributed by atoms with Crippen molar-refractivity contribution < 1.29 is 4.74 Å². The van der Waals surface area contributed by atoms with E-state index >= 15 is 0 Å². The summed E-state index contributed by atoms with van der Waals surface area (Å²) in [6.07, 6.45) is 3.05. The second-order valence-electron chi connectivity index (χ2n) is 6.02. The van der Waals surface area contributed by atoms with Gasteiger partial charge in [-0.25, -0.2) is 0 Å². The van der Waals surface area contributed by atoms with E-state index in [1.807, 2.05) is 6.92 Å². The van der Waals surface area contributed by atoms with E-state index in [4.69, 9.17) is 15.7 Å². The highest BCUT2D eigenvalue weighted by atomic mass is 16.5. The van der Waals surface area contributed by atoms with Crippen LogP contribution in [0.3, 0.4) is 0 Å². The average Bonchev–Trinajstić information content (AvgIpc) is 2.88. The van der Waals surface area contributed by atoms with Crippen molar-refractivity contribution in [1.82, 2.24) is 9.80 Å². The summed E-state index contributed by atoms with van der Waals surface area (Å²) < 4.78 is 5.40. The quantitative estimate of drug-likeness (QED) is 0.781. The highest BCUT2D eigenvalue weighted by molar-refractivity contribution is 5.00. The fourth-order valence-electron chi connectivity index (χ4n) is 2.98. The van der Waals surface area contributed by atoms with Gasteiger partial charge in [0.2, 0.25) is 0 Å². The maximum Gasteiger partial charge on any atom is 0.101 e. The van der Waals surface area contributed by atoms with Crippen molar-refractivity contribution in [1.29, 1.82) is 5.26 Å². The number of nitrogens with zero attached hydrogens (tertiary/aromatic N) is 3. The lowest BCUT2D eigenvalue weighted by molar-refractivity contribution is 0.0185. The van der Waals surface area contributed by atoms with Crippen molar-refractivity contribution in [3.05, 3.63) is 0 Å². The van der Waals surface area contributed by atoms with Gasteiger partial charge >= 0.3 is 0 Å². The highest BCUT2D eigenvalue weighted by Crippen LogP contribution is 2.18. The molecule has 0 saturated carbocycles. The molecule has 2 rings (SSSR count). The third-order valence-electron chi connectivity index (χ3n) is 4.24. The van der Waals surface area contributed by atoms with Crippen LogP contribution in [0.5, 0.6) is 0 Å². The normalized spacial score (nSPS) is 29.0. The number of hydrogen-bond acceptors (Lipinski definition) is 5. The van der Waals surface area contributed by atoms with Crippen LogP contribution in [-0.4, -0.2) is 67.3 Å². The predicted octanol–water partition coefficient (Wildman–Crippen LogP) is 0.414. The van der Waals surface area contributed by atoms with Gasteiger partial charge in [0, 0.05) is 25.7 Å². The molecule has 2 aliphatic rings. The second-order valence-corrected chi connectivity index (χ2v) is 6.02. The van der Waals surface area contributed by atoms with Crippen molar-refractivity contribution in [2.75, 3.05) is 45.9 Å². The van der Waals surface area contributed by atoms with Gasteiger partial charge in [-0.3, -0.25) is 4.90 Å². The molecule has 2 unspecified atom stereocenters. The van der Waals surface area contributed by atoms with Gasteiger partial charge in [-0.05, 0) is 39.3 Å². The van der Waals surface area contributed by atoms with E-state index in [1.54, 1.807) is 0 Å². The van der Waals surface area contributed by atoms with Crippen LogP contribution >= 0.6 is 0 Å². The summed E-state index contributed by atoms with van der Waals surface area (Å²) in [7, 11) is 0. The Hall–Kier alpha value is -0.670. The lowest BCUT2D eigenvalue weighted by Gasteiger charge is -2.32. The van der Waals surface area contributed by atoms with Gasteiger partial charge in [0.15, 0.2) is 0 Å². The predicted molar refractivity (Wildman–Crippen MR) is 74.7 cm³/mol. The first-order chi connectivity index (χ1) is 9.11. The first-order valence-electron chi connectivity index (χ1n) is 7.35. The van der Waals surface area contributed by atoms with Crippen molar-refractivity contribution in [2.45, 2.75) is 37.8 Å². The summed E-state index contributed by atoms with van der Waals surface area (Å²) in [5.41, 5.74) is 5.18. The molecule has 2 N–H and O–H groups in total. The Morgan fingerprint density at radius 2 is 2.11 bits per heavy atom. The molecule has 0 aromatic rings. The minimum atomic E-state index is -0.663. The Morgan fingerprint density at radius 1 is 1.37 bits per heavy atom. The van der Waals surface area contributed by atoms with Crippen LogP contribution in [0.25, 0.3) is 0 Å². The minimum Gasteiger partial charge on any atom is -0.379 e. The summed E-state index contributed by atoms with van der Waals surface area (Å²) in [6.45, 7) is 9.13. The van der Waals surface area contributed by atoms with Gasteiger partial charge in [-0.1, -0.05) is 0 Å². The maximum absolute atomic E-state index is 8.89. The van der Waals surface area contributed by atoms with Crippen molar-refractivity contribution >= 4 is 0 Å². The summed E-state index contributed by atoms with van der Waals surface area (Å²) >= 11 is 0. The van der Waals surface area contributed by atoms with Gasteiger partial charge in [-0.2, -0.15) is 5.26 Å². The maximum atomic E-state index is 8.89. The molecule has 108 valence electrons.